The number of morpholine rings is 1. The molecule has 1 heterocycles. The number of likely N-dealkylation sites (N-methyl/N-ethyl adjacent to an activating group) is 2. The van der Waals surface area contributed by atoms with E-state index in [4.69, 9.17) is 4.74 Å². The second kappa shape index (κ2) is 8.52. The van der Waals surface area contributed by atoms with Gasteiger partial charge >= 0.3 is 0 Å². The molecule has 1 aromatic carbocycles. The van der Waals surface area contributed by atoms with Crippen LogP contribution < -0.4 is 5.32 Å². The zero-order chi connectivity index (χ0) is 15.1. The molecular weight excluding hydrogens is 260 g/mol. The summed E-state index contributed by atoms with van der Waals surface area (Å²) in [6.45, 7) is 11.6. The fourth-order valence-electron chi connectivity index (χ4n) is 3.14. The summed E-state index contributed by atoms with van der Waals surface area (Å²) in [5.74, 6) is 0. The average Bonchev–Trinajstić information content (AvgIpc) is 2.53. The highest BCUT2D eigenvalue weighted by Gasteiger charge is 2.28. The third-order valence-electron chi connectivity index (χ3n) is 4.27. The summed E-state index contributed by atoms with van der Waals surface area (Å²) in [4.78, 5) is 2.48. The smallest absolute Gasteiger partial charge is 0.0896 e. The number of hydrogen-bond acceptors (Lipinski definition) is 3. The van der Waals surface area contributed by atoms with Crippen LogP contribution in [0.15, 0.2) is 24.3 Å². The van der Waals surface area contributed by atoms with Crippen LogP contribution in [-0.2, 0) is 11.2 Å². The third kappa shape index (κ3) is 4.53. The van der Waals surface area contributed by atoms with Crippen molar-refractivity contribution in [1.29, 1.82) is 0 Å². The minimum absolute atomic E-state index is 0.246. The van der Waals surface area contributed by atoms with Gasteiger partial charge in [-0.25, -0.2) is 0 Å². The van der Waals surface area contributed by atoms with Crippen molar-refractivity contribution in [3.63, 3.8) is 0 Å². The summed E-state index contributed by atoms with van der Waals surface area (Å²) >= 11 is 0. The number of rotatable bonds is 7. The van der Waals surface area contributed by atoms with Crippen LogP contribution in [0.4, 0.5) is 0 Å². The number of aryl methyl sites for hydroxylation is 1. The lowest BCUT2D eigenvalue weighted by molar-refractivity contribution is -0.0453. The molecule has 1 aliphatic rings. The number of hydrogen-bond donors (Lipinski definition) is 1. The van der Waals surface area contributed by atoms with Gasteiger partial charge in [-0.15, -0.1) is 0 Å². The van der Waals surface area contributed by atoms with Crippen molar-refractivity contribution in [1.82, 2.24) is 10.2 Å². The molecule has 2 rings (SSSR count). The lowest BCUT2D eigenvalue weighted by Gasteiger charge is -2.37. The van der Waals surface area contributed by atoms with Gasteiger partial charge in [0.15, 0.2) is 0 Å². The van der Waals surface area contributed by atoms with Gasteiger partial charge in [-0.1, -0.05) is 51.5 Å². The van der Waals surface area contributed by atoms with Gasteiger partial charge in [-0.3, -0.25) is 4.90 Å². The zero-order valence-electron chi connectivity index (χ0n) is 13.8. The Bertz CT molecular complexity index is 421. The highest BCUT2D eigenvalue weighted by Crippen LogP contribution is 2.23. The highest BCUT2D eigenvalue weighted by atomic mass is 16.5. The van der Waals surface area contributed by atoms with Crippen molar-refractivity contribution >= 4 is 0 Å². The van der Waals surface area contributed by atoms with E-state index in [2.05, 4.69) is 55.3 Å². The average molecular weight is 290 g/mol. The van der Waals surface area contributed by atoms with Gasteiger partial charge in [0.05, 0.1) is 18.8 Å². The van der Waals surface area contributed by atoms with Crippen molar-refractivity contribution in [3.05, 3.63) is 35.4 Å². The molecule has 2 unspecified atom stereocenters. The van der Waals surface area contributed by atoms with Gasteiger partial charge in [0, 0.05) is 13.1 Å². The Morgan fingerprint density at radius 1 is 1.33 bits per heavy atom. The van der Waals surface area contributed by atoms with Gasteiger partial charge in [0.25, 0.3) is 0 Å². The molecule has 1 saturated heterocycles. The number of nitrogens with one attached hydrogen (secondary N) is 1. The van der Waals surface area contributed by atoms with E-state index < -0.39 is 0 Å². The minimum Gasteiger partial charge on any atom is -0.374 e. The summed E-state index contributed by atoms with van der Waals surface area (Å²) in [6.07, 6.45) is 2.59. The summed E-state index contributed by atoms with van der Waals surface area (Å²) < 4.78 is 6.07. The summed E-state index contributed by atoms with van der Waals surface area (Å²) in [5.41, 5.74) is 2.80. The maximum Gasteiger partial charge on any atom is 0.0896 e. The van der Waals surface area contributed by atoms with E-state index in [0.29, 0.717) is 6.04 Å². The van der Waals surface area contributed by atoms with E-state index in [1.807, 2.05) is 0 Å². The normalized spacial score (nSPS) is 21.4. The van der Waals surface area contributed by atoms with E-state index in [0.717, 1.165) is 39.2 Å². The van der Waals surface area contributed by atoms with Gasteiger partial charge in [-0.05, 0) is 30.6 Å². The van der Waals surface area contributed by atoms with Crippen LogP contribution in [0.5, 0.6) is 0 Å². The Balaban J connectivity index is 2.15. The Kier molecular flexibility index (Phi) is 6.68. The van der Waals surface area contributed by atoms with E-state index in [1.165, 1.54) is 17.5 Å². The van der Waals surface area contributed by atoms with Crippen LogP contribution in [0, 0.1) is 0 Å². The molecule has 3 heteroatoms. The molecule has 0 saturated carbocycles. The summed E-state index contributed by atoms with van der Waals surface area (Å²) in [7, 11) is 0. The molecule has 1 aromatic rings. The fraction of sp³-hybridized carbons (Fsp3) is 0.667. The molecule has 0 aliphatic carbocycles. The molecule has 0 radical (unpaired) electrons. The number of nitrogens with zero attached hydrogens (tertiary/aromatic N) is 1. The first-order valence-corrected chi connectivity index (χ1v) is 8.44. The number of benzene rings is 1. The maximum absolute atomic E-state index is 6.07. The van der Waals surface area contributed by atoms with Crippen molar-refractivity contribution in [2.75, 3.05) is 32.8 Å². The molecule has 0 amide bonds. The van der Waals surface area contributed by atoms with Crippen molar-refractivity contribution < 1.29 is 4.74 Å². The van der Waals surface area contributed by atoms with Gasteiger partial charge < -0.3 is 10.1 Å². The largest absolute Gasteiger partial charge is 0.374 e. The second-order valence-corrected chi connectivity index (χ2v) is 5.83. The lowest BCUT2D eigenvalue weighted by atomic mass is 9.96. The molecule has 21 heavy (non-hydrogen) atoms. The monoisotopic (exact) mass is 290 g/mol. The SMILES string of the molecule is CCCc1cccc(C(NCC)C2CN(CC)CCO2)c1. The lowest BCUT2D eigenvalue weighted by Crippen LogP contribution is -2.48. The summed E-state index contributed by atoms with van der Waals surface area (Å²) in [6, 6.07) is 9.30. The molecule has 1 N–H and O–H groups in total. The maximum atomic E-state index is 6.07. The molecule has 1 fully saturated rings. The van der Waals surface area contributed by atoms with E-state index in [9.17, 15) is 0 Å². The molecule has 1 aliphatic heterocycles. The first-order valence-electron chi connectivity index (χ1n) is 8.44. The van der Waals surface area contributed by atoms with Crippen molar-refractivity contribution in [2.45, 2.75) is 45.8 Å². The van der Waals surface area contributed by atoms with E-state index >= 15 is 0 Å². The Hall–Kier alpha value is -0.900. The summed E-state index contributed by atoms with van der Waals surface area (Å²) in [5, 5.41) is 3.63. The quantitative estimate of drug-likeness (QED) is 0.835. The molecule has 3 nitrogen and oxygen atoms in total. The van der Waals surface area contributed by atoms with Crippen molar-refractivity contribution in [3.8, 4) is 0 Å². The zero-order valence-corrected chi connectivity index (χ0v) is 13.8. The van der Waals surface area contributed by atoms with Gasteiger partial charge in [0.2, 0.25) is 0 Å². The highest BCUT2D eigenvalue weighted by molar-refractivity contribution is 5.27. The third-order valence-corrected chi connectivity index (χ3v) is 4.27. The predicted molar refractivity (Wildman–Crippen MR) is 88.7 cm³/mol. The Labute approximate surface area is 129 Å². The van der Waals surface area contributed by atoms with Crippen LogP contribution in [0.25, 0.3) is 0 Å². The molecule has 0 spiro atoms. The van der Waals surface area contributed by atoms with Crippen LogP contribution in [0.2, 0.25) is 0 Å². The van der Waals surface area contributed by atoms with Crippen molar-refractivity contribution in [2.24, 2.45) is 0 Å². The standard InChI is InChI=1S/C18H30N2O/c1-4-8-15-9-7-10-16(13-15)18(19-5-2)17-14-20(6-3)11-12-21-17/h7,9-10,13,17-19H,4-6,8,11-12,14H2,1-3H3. The minimum atomic E-state index is 0.246. The topological polar surface area (TPSA) is 24.5 Å². The fourth-order valence-corrected chi connectivity index (χ4v) is 3.14. The second-order valence-electron chi connectivity index (χ2n) is 5.83. The molecule has 0 bridgehead atoms. The molecule has 2 atom stereocenters. The molecular formula is C18H30N2O. The van der Waals surface area contributed by atoms with Crippen LogP contribution in [0.3, 0.4) is 0 Å². The molecule has 118 valence electrons. The van der Waals surface area contributed by atoms with Crippen LogP contribution >= 0.6 is 0 Å². The number of ether oxygens (including phenoxy) is 1. The predicted octanol–water partition coefficient (Wildman–Crippen LogP) is 3.01. The van der Waals surface area contributed by atoms with Crippen LogP contribution in [-0.4, -0.2) is 43.8 Å². The van der Waals surface area contributed by atoms with Gasteiger partial charge in [0.1, 0.15) is 0 Å². The van der Waals surface area contributed by atoms with E-state index in [1.54, 1.807) is 0 Å². The first-order chi connectivity index (χ1) is 10.3. The van der Waals surface area contributed by atoms with Gasteiger partial charge in [-0.2, -0.15) is 0 Å². The molecule has 0 aromatic heterocycles. The first kappa shape index (κ1) is 16.5. The van der Waals surface area contributed by atoms with E-state index in [-0.39, 0.29) is 6.10 Å². The Morgan fingerprint density at radius 3 is 2.90 bits per heavy atom. The van der Waals surface area contributed by atoms with Crippen LogP contribution in [0.1, 0.15) is 44.4 Å². The Morgan fingerprint density at radius 2 is 2.19 bits per heavy atom.